The first-order valence-electron chi connectivity index (χ1n) is 5.80. The van der Waals surface area contributed by atoms with Gasteiger partial charge < -0.3 is 10.1 Å². The van der Waals surface area contributed by atoms with Gasteiger partial charge in [0.1, 0.15) is 11.6 Å². The molecule has 0 atom stereocenters. The molecule has 0 aliphatic heterocycles. The molecule has 0 aromatic heterocycles. The van der Waals surface area contributed by atoms with Gasteiger partial charge in [0.15, 0.2) is 0 Å². The van der Waals surface area contributed by atoms with Crippen LogP contribution in [-0.2, 0) is 6.54 Å². The Labute approximate surface area is 111 Å². The zero-order valence-electron chi connectivity index (χ0n) is 10.5. The fourth-order valence-corrected chi connectivity index (χ4v) is 1.74. The highest BCUT2D eigenvalue weighted by Crippen LogP contribution is 2.22. The van der Waals surface area contributed by atoms with Gasteiger partial charge in [0, 0.05) is 12.6 Å². The van der Waals surface area contributed by atoms with Crippen LogP contribution in [0.1, 0.15) is 11.1 Å². The van der Waals surface area contributed by atoms with Gasteiger partial charge in [0.25, 0.3) is 0 Å². The summed E-state index contributed by atoms with van der Waals surface area (Å²) in [6.45, 7) is 0.383. The molecule has 0 unspecified atom stereocenters. The molecule has 0 fully saturated rings. The standard InChI is InChI=1S/C15H13FN2O/c1-19-13-6-7-14(16)15(8-13)18-10-12-5-3-2-4-11(12)9-17/h2-8,18H,10H2,1H3. The van der Waals surface area contributed by atoms with E-state index >= 15 is 0 Å². The van der Waals surface area contributed by atoms with Crippen molar-refractivity contribution < 1.29 is 9.13 Å². The minimum Gasteiger partial charge on any atom is -0.497 e. The van der Waals surface area contributed by atoms with Crippen molar-refractivity contribution in [2.75, 3.05) is 12.4 Å². The Morgan fingerprint density at radius 3 is 2.79 bits per heavy atom. The number of methoxy groups -OCH3 is 1. The van der Waals surface area contributed by atoms with Crippen LogP contribution >= 0.6 is 0 Å². The molecular weight excluding hydrogens is 243 g/mol. The average molecular weight is 256 g/mol. The molecule has 0 spiro atoms. The maximum Gasteiger partial charge on any atom is 0.146 e. The number of hydrogen-bond acceptors (Lipinski definition) is 3. The number of rotatable bonds is 4. The molecule has 2 aromatic rings. The summed E-state index contributed by atoms with van der Waals surface area (Å²) in [7, 11) is 1.53. The van der Waals surface area contributed by atoms with Crippen LogP contribution in [0, 0.1) is 17.1 Å². The van der Waals surface area contributed by atoms with Crippen LogP contribution in [0.4, 0.5) is 10.1 Å². The van der Waals surface area contributed by atoms with Gasteiger partial charge in [-0.1, -0.05) is 18.2 Å². The van der Waals surface area contributed by atoms with Crippen molar-refractivity contribution >= 4 is 5.69 Å². The first-order valence-corrected chi connectivity index (χ1v) is 5.80. The molecule has 19 heavy (non-hydrogen) atoms. The Bertz CT molecular complexity index is 620. The van der Waals surface area contributed by atoms with E-state index in [-0.39, 0.29) is 5.82 Å². The summed E-state index contributed by atoms with van der Waals surface area (Å²) >= 11 is 0. The number of benzene rings is 2. The third-order valence-corrected chi connectivity index (χ3v) is 2.78. The molecule has 0 heterocycles. The maximum atomic E-state index is 13.6. The van der Waals surface area contributed by atoms with Crippen molar-refractivity contribution in [1.29, 1.82) is 5.26 Å². The molecule has 0 radical (unpaired) electrons. The summed E-state index contributed by atoms with van der Waals surface area (Å²) in [5.74, 6) is 0.229. The molecule has 0 aliphatic rings. The quantitative estimate of drug-likeness (QED) is 0.912. The van der Waals surface area contributed by atoms with Crippen molar-refractivity contribution in [3.63, 3.8) is 0 Å². The highest BCUT2D eigenvalue weighted by atomic mass is 19.1. The molecular formula is C15H13FN2O. The van der Waals surface area contributed by atoms with E-state index in [4.69, 9.17) is 10.00 Å². The lowest BCUT2D eigenvalue weighted by molar-refractivity contribution is 0.414. The summed E-state index contributed by atoms with van der Waals surface area (Å²) in [5.41, 5.74) is 1.76. The lowest BCUT2D eigenvalue weighted by Crippen LogP contribution is -2.03. The van der Waals surface area contributed by atoms with Crippen molar-refractivity contribution in [3.05, 3.63) is 59.4 Å². The molecule has 4 heteroatoms. The molecule has 0 amide bonds. The minimum atomic E-state index is -0.352. The summed E-state index contributed by atoms with van der Waals surface area (Å²) in [6, 6.07) is 13.8. The molecule has 1 N–H and O–H groups in total. The van der Waals surface area contributed by atoms with E-state index in [2.05, 4.69) is 11.4 Å². The predicted octanol–water partition coefficient (Wildman–Crippen LogP) is 3.32. The van der Waals surface area contributed by atoms with Crippen LogP contribution in [0.2, 0.25) is 0 Å². The molecule has 3 nitrogen and oxygen atoms in total. The van der Waals surface area contributed by atoms with E-state index in [1.807, 2.05) is 12.1 Å². The number of anilines is 1. The van der Waals surface area contributed by atoms with Crippen molar-refractivity contribution in [1.82, 2.24) is 0 Å². The molecule has 0 bridgehead atoms. The number of hydrogen-bond donors (Lipinski definition) is 1. The largest absolute Gasteiger partial charge is 0.497 e. The highest BCUT2D eigenvalue weighted by molar-refractivity contribution is 5.51. The molecule has 0 saturated heterocycles. The third-order valence-electron chi connectivity index (χ3n) is 2.78. The Hall–Kier alpha value is -2.54. The number of nitriles is 1. The third kappa shape index (κ3) is 3.02. The summed E-state index contributed by atoms with van der Waals surface area (Å²) in [4.78, 5) is 0. The second kappa shape index (κ2) is 5.87. The smallest absolute Gasteiger partial charge is 0.146 e. The Balaban J connectivity index is 2.17. The van der Waals surface area contributed by atoms with Crippen molar-refractivity contribution in [3.8, 4) is 11.8 Å². The maximum absolute atomic E-state index is 13.6. The predicted molar refractivity (Wildman–Crippen MR) is 71.4 cm³/mol. The Morgan fingerprint density at radius 2 is 2.05 bits per heavy atom. The van der Waals surface area contributed by atoms with E-state index in [9.17, 15) is 4.39 Å². The van der Waals surface area contributed by atoms with Crippen LogP contribution in [0.15, 0.2) is 42.5 Å². The normalized spacial score (nSPS) is 9.74. The first-order chi connectivity index (χ1) is 9.24. The minimum absolute atomic E-state index is 0.352. The van der Waals surface area contributed by atoms with Crippen molar-refractivity contribution in [2.24, 2.45) is 0 Å². The van der Waals surface area contributed by atoms with Gasteiger partial charge in [0.2, 0.25) is 0 Å². The van der Waals surface area contributed by atoms with Gasteiger partial charge in [-0.2, -0.15) is 5.26 Å². The first kappa shape index (κ1) is 12.9. The molecule has 96 valence electrons. The van der Waals surface area contributed by atoms with Gasteiger partial charge in [-0.3, -0.25) is 0 Å². The van der Waals surface area contributed by atoms with Crippen LogP contribution < -0.4 is 10.1 Å². The van der Waals surface area contributed by atoms with E-state index < -0.39 is 0 Å². The van der Waals surface area contributed by atoms with Gasteiger partial charge in [-0.25, -0.2) is 4.39 Å². The topological polar surface area (TPSA) is 45.0 Å². The van der Waals surface area contributed by atoms with Crippen LogP contribution in [0.3, 0.4) is 0 Å². The van der Waals surface area contributed by atoms with Crippen LogP contribution in [0.25, 0.3) is 0 Å². The number of nitrogens with zero attached hydrogens (tertiary/aromatic N) is 1. The Kier molecular flexibility index (Phi) is 3.99. The fraction of sp³-hybridized carbons (Fsp3) is 0.133. The van der Waals surface area contributed by atoms with E-state index in [0.717, 1.165) is 5.56 Å². The number of nitrogens with one attached hydrogen (secondary N) is 1. The second-order valence-corrected chi connectivity index (χ2v) is 3.97. The number of halogens is 1. The zero-order chi connectivity index (χ0) is 13.7. The molecule has 0 saturated carbocycles. The lowest BCUT2D eigenvalue weighted by Gasteiger charge is -2.10. The number of ether oxygens (including phenoxy) is 1. The summed E-state index contributed by atoms with van der Waals surface area (Å²) in [6.07, 6.45) is 0. The van der Waals surface area contributed by atoms with E-state index in [0.29, 0.717) is 23.5 Å². The molecule has 2 rings (SSSR count). The van der Waals surface area contributed by atoms with E-state index in [1.54, 1.807) is 24.3 Å². The molecule has 2 aromatic carbocycles. The van der Waals surface area contributed by atoms with Gasteiger partial charge in [-0.15, -0.1) is 0 Å². The van der Waals surface area contributed by atoms with Crippen LogP contribution in [0.5, 0.6) is 5.75 Å². The summed E-state index contributed by atoms with van der Waals surface area (Å²) in [5, 5.41) is 12.0. The summed E-state index contributed by atoms with van der Waals surface area (Å²) < 4.78 is 18.7. The second-order valence-electron chi connectivity index (χ2n) is 3.97. The monoisotopic (exact) mass is 256 g/mol. The Morgan fingerprint density at radius 1 is 1.26 bits per heavy atom. The van der Waals surface area contributed by atoms with Crippen LogP contribution in [-0.4, -0.2) is 7.11 Å². The zero-order valence-corrected chi connectivity index (χ0v) is 10.5. The SMILES string of the molecule is COc1ccc(F)c(NCc2ccccc2C#N)c1. The van der Waals surface area contributed by atoms with Gasteiger partial charge in [0.05, 0.1) is 24.4 Å². The van der Waals surface area contributed by atoms with E-state index in [1.165, 1.54) is 13.2 Å². The fourth-order valence-electron chi connectivity index (χ4n) is 1.74. The highest BCUT2D eigenvalue weighted by Gasteiger charge is 2.05. The average Bonchev–Trinajstić information content (AvgIpc) is 2.46. The molecule has 0 aliphatic carbocycles. The van der Waals surface area contributed by atoms with Gasteiger partial charge in [-0.05, 0) is 23.8 Å². The van der Waals surface area contributed by atoms with Gasteiger partial charge >= 0.3 is 0 Å². The lowest BCUT2D eigenvalue weighted by atomic mass is 10.1. The van der Waals surface area contributed by atoms with Crippen molar-refractivity contribution in [2.45, 2.75) is 6.54 Å².